The average Bonchev–Trinajstić information content (AvgIpc) is 2.22. The summed E-state index contributed by atoms with van der Waals surface area (Å²) in [6, 6.07) is 5.46. The highest BCUT2D eigenvalue weighted by Crippen LogP contribution is 2.19. The first-order valence-electron chi connectivity index (χ1n) is 4.78. The lowest BCUT2D eigenvalue weighted by Crippen LogP contribution is -2.20. The second-order valence-corrected chi connectivity index (χ2v) is 4.45. The Morgan fingerprint density at radius 2 is 2.31 bits per heavy atom. The van der Waals surface area contributed by atoms with Crippen LogP contribution in [0.2, 0.25) is 5.02 Å². The Labute approximate surface area is 109 Å². The first kappa shape index (κ1) is 13.1. The molecule has 0 spiro atoms. The van der Waals surface area contributed by atoms with Crippen LogP contribution in [0.15, 0.2) is 22.7 Å². The third kappa shape index (κ3) is 4.69. The SMILES string of the molecule is CC(=O)NCCC#Cc1cc(Cl)ccc1Br. The van der Waals surface area contributed by atoms with Gasteiger partial charge in [0.05, 0.1) is 0 Å². The Morgan fingerprint density at radius 3 is 3.00 bits per heavy atom. The number of hydrogen-bond acceptors (Lipinski definition) is 1. The fourth-order valence-electron chi connectivity index (χ4n) is 1.05. The van der Waals surface area contributed by atoms with Gasteiger partial charge in [0.15, 0.2) is 0 Å². The van der Waals surface area contributed by atoms with Gasteiger partial charge >= 0.3 is 0 Å². The largest absolute Gasteiger partial charge is 0.355 e. The first-order chi connectivity index (χ1) is 7.59. The van der Waals surface area contributed by atoms with E-state index in [-0.39, 0.29) is 5.91 Å². The monoisotopic (exact) mass is 299 g/mol. The summed E-state index contributed by atoms with van der Waals surface area (Å²) in [7, 11) is 0. The molecule has 0 aliphatic heterocycles. The van der Waals surface area contributed by atoms with Crippen LogP contribution in [0.4, 0.5) is 0 Å². The first-order valence-corrected chi connectivity index (χ1v) is 5.95. The summed E-state index contributed by atoms with van der Waals surface area (Å²) in [6.07, 6.45) is 0.624. The van der Waals surface area contributed by atoms with Crippen molar-refractivity contribution < 1.29 is 4.79 Å². The van der Waals surface area contributed by atoms with Crippen LogP contribution in [0.1, 0.15) is 18.9 Å². The van der Waals surface area contributed by atoms with E-state index in [0.717, 1.165) is 10.0 Å². The number of carbonyl (C=O) groups is 1. The lowest BCUT2D eigenvalue weighted by Gasteiger charge is -1.97. The summed E-state index contributed by atoms with van der Waals surface area (Å²) in [4.78, 5) is 10.6. The third-order valence-electron chi connectivity index (χ3n) is 1.78. The molecule has 0 aliphatic rings. The van der Waals surface area contributed by atoms with Crippen LogP contribution in [-0.2, 0) is 4.79 Å². The zero-order chi connectivity index (χ0) is 12.0. The van der Waals surface area contributed by atoms with Crippen molar-refractivity contribution in [3.05, 3.63) is 33.3 Å². The Bertz CT molecular complexity index is 448. The molecular weight excluding hydrogens is 289 g/mol. The molecule has 0 atom stereocenters. The van der Waals surface area contributed by atoms with Gasteiger partial charge in [-0.3, -0.25) is 4.79 Å². The zero-order valence-electron chi connectivity index (χ0n) is 8.81. The molecule has 0 bridgehead atoms. The maximum absolute atomic E-state index is 10.6. The molecule has 0 saturated carbocycles. The molecule has 0 unspecified atom stereocenters. The third-order valence-corrected chi connectivity index (χ3v) is 2.70. The van der Waals surface area contributed by atoms with E-state index in [0.29, 0.717) is 18.0 Å². The van der Waals surface area contributed by atoms with E-state index in [4.69, 9.17) is 11.6 Å². The van der Waals surface area contributed by atoms with E-state index < -0.39 is 0 Å². The maximum Gasteiger partial charge on any atom is 0.216 e. The topological polar surface area (TPSA) is 29.1 Å². The molecule has 1 amide bonds. The van der Waals surface area contributed by atoms with Gasteiger partial charge in [-0.05, 0) is 34.1 Å². The predicted octanol–water partition coefficient (Wildman–Crippen LogP) is 2.98. The molecule has 1 aromatic carbocycles. The number of rotatable bonds is 2. The van der Waals surface area contributed by atoms with Crippen molar-refractivity contribution in [2.75, 3.05) is 6.54 Å². The van der Waals surface area contributed by atoms with Crippen molar-refractivity contribution in [2.45, 2.75) is 13.3 Å². The zero-order valence-corrected chi connectivity index (χ0v) is 11.2. The minimum Gasteiger partial charge on any atom is -0.355 e. The molecule has 1 N–H and O–H groups in total. The summed E-state index contributed by atoms with van der Waals surface area (Å²) >= 11 is 9.24. The van der Waals surface area contributed by atoms with Gasteiger partial charge in [0, 0.05) is 34.9 Å². The predicted molar refractivity (Wildman–Crippen MR) is 69.3 cm³/mol. The van der Waals surface area contributed by atoms with Crippen molar-refractivity contribution in [3.8, 4) is 11.8 Å². The van der Waals surface area contributed by atoms with Crippen molar-refractivity contribution in [3.63, 3.8) is 0 Å². The van der Waals surface area contributed by atoms with E-state index in [1.165, 1.54) is 6.92 Å². The van der Waals surface area contributed by atoms with Gasteiger partial charge in [-0.25, -0.2) is 0 Å². The average molecular weight is 301 g/mol. The molecule has 0 saturated heterocycles. The van der Waals surface area contributed by atoms with Crippen LogP contribution >= 0.6 is 27.5 Å². The van der Waals surface area contributed by atoms with Crippen LogP contribution in [0.5, 0.6) is 0 Å². The highest BCUT2D eigenvalue weighted by Gasteiger charge is 1.96. The molecular formula is C12H11BrClNO. The highest BCUT2D eigenvalue weighted by molar-refractivity contribution is 9.10. The molecule has 2 nitrogen and oxygen atoms in total. The van der Waals surface area contributed by atoms with Crippen LogP contribution in [0.3, 0.4) is 0 Å². The van der Waals surface area contributed by atoms with Crippen LogP contribution in [-0.4, -0.2) is 12.5 Å². The lowest BCUT2D eigenvalue weighted by atomic mass is 10.2. The number of hydrogen-bond donors (Lipinski definition) is 1. The number of amides is 1. The fourth-order valence-corrected chi connectivity index (χ4v) is 1.57. The van der Waals surface area contributed by atoms with E-state index in [1.54, 1.807) is 12.1 Å². The molecule has 1 aromatic rings. The Balaban J connectivity index is 2.56. The maximum atomic E-state index is 10.6. The summed E-state index contributed by atoms with van der Waals surface area (Å²) in [6.45, 7) is 2.06. The van der Waals surface area contributed by atoms with E-state index >= 15 is 0 Å². The normalized spacial score (nSPS) is 9.19. The van der Waals surface area contributed by atoms with Crippen LogP contribution in [0.25, 0.3) is 0 Å². The molecule has 0 radical (unpaired) electrons. The van der Waals surface area contributed by atoms with Crippen LogP contribution < -0.4 is 5.32 Å². The van der Waals surface area contributed by atoms with Gasteiger partial charge in [0.1, 0.15) is 0 Å². The smallest absolute Gasteiger partial charge is 0.216 e. The van der Waals surface area contributed by atoms with Gasteiger partial charge in [-0.2, -0.15) is 0 Å². The lowest BCUT2D eigenvalue weighted by molar-refractivity contribution is -0.118. The Morgan fingerprint density at radius 1 is 1.56 bits per heavy atom. The second-order valence-electron chi connectivity index (χ2n) is 3.16. The quantitative estimate of drug-likeness (QED) is 0.660. The summed E-state index contributed by atoms with van der Waals surface area (Å²) in [5, 5.41) is 3.34. The standard InChI is InChI=1S/C12H11BrClNO/c1-9(16)15-7-3-2-4-10-8-11(14)5-6-12(10)13/h5-6,8H,3,7H2,1H3,(H,15,16). The Hall–Kier alpha value is -0.980. The minimum absolute atomic E-state index is 0.0364. The summed E-state index contributed by atoms with van der Waals surface area (Å²) in [5.74, 6) is 5.93. The fraction of sp³-hybridized carbons (Fsp3) is 0.250. The summed E-state index contributed by atoms with van der Waals surface area (Å²) < 4.78 is 0.920. The van der Waals surface area contributed by atoms with Crippen molar-refractivity contribution in [1.82, 2.24) is 5.32 Å². The van der Waals surface area contributed by atoms with Gasteiger partial charge in [0.2, 0.25) is 5.91 Å². The number of benzene rings is 1. The highest BCUT2D eigenvalue weighted by atomic mass is 79.9. The van der Waals surface area contributed by atoms with Gasteiger partial charge in [-0.1, -0.05) is 23.4 Å². The number of halogens is 2. The van der Waals surface area contributed by atoms with Crippen LogP contribution in [0, 0.1) is 11.8 Å². The number of carbonyl (C=O) groups excluding carboxylic acids is 1. The summed E-state index contributed by atoms with van der Waals surface area (Å²) in [5.41, 5.74) is 0.857. The molecule has 0 heterocycles. The molecule has 1 rings (SSSR count). The van der Waals surface area contributed by atoms with Crippen molar-refractivity contribution >= 4 is 33.4 Å². The van der Waals surface area contributed by atoms with Crippen molar-refractivity contribution in [1.29, 1.82) is 0 Å². The number of nitrogens with one attached hydrogen (secondary N) is 1. The van der Waals surface area contributed by atoms with Gasteiger partial charge < -0.3 is 5.32 Å². The molecule has 4 heteroatoms. The van der Waals surface area contributed by atoms with Gasteiger partial charge in [-0.15, -0.1) is 0 Å². The second kappa shape index (κ2) is 6.57. The molecule has 84 valence electrons. The Kier molecular flexibility index (Phi) is 5.37. The van der Waals surface area contributed by atoms with Crippen molar-refractivity contribution in [2.24, 2.45) is 0 Å². The molecule has 0 fully saturated rings. The van der Waals surface area contributed by atoms with E-state index in [2.05, 4.69) is 33.1 Å². The minimum atomic E-state index is -0.0364. The van der Waals surface area contributed by atoms with E-state index in [1.807, 2.05) is 6.07 Å². The van der Waals surface area contributed by atoms with Gasteiger partial charge in [0.25, 0.3) is 0 Å². The van der Waals surface area contributed by atoms with E-state index in [9.17, 15) is 4.79 Å². The molecule has 0 aliphatic carbocycles. The molecule has 16 heavy (non-hydrogen) atoms. The molecule has 0 aromatic heterocycles.